The molecule has 4 aromatic rings. The number of hydrogen-bond acceptors (Lipinski definition) is 6. The van der Waals surface area contributed by atoms with Crippen LogP contribution in [0.5, 0.6) is 11.5 Å². The molecule has 1 unspecified atom stereocenters. The van der Waals surface area contributed by atoms with Crippen LogP contribution in [0.15, 0.2) is 102 Å². The summed E-state index contributed by atoms with van der Waals surface area (Å²) >= 11 is 13.6. The first-order valence-corrected chi connectivity index (χ1v) is 15.5. The van der Waals surface area contributed by atoms with E-state index < -0.39 is 17.1 Å². The van der Waals surface area contributed by atoms with Gasteiger partial charge in [-0.15, -0.1) is 11.8 Å². The first-order valence-electron chi connectivity index (χ1n) is 13.8. The third-order valence-corrected chi connectivity index (χ3v) is 8.41. The van der Waals surface area contributed by atoms with Crippen LogP contribution < -0.4 is 25.4 Å². The van der Waals surface area contributed by atoms with Crippen LogP contribution in [-0.4, -0.2) is 37.2 Å². The van der Waals surface area contributed by atoms with Crippen molar-refractivity contribution < 1.29 is 23.9 Å². The van der Waals surface area contributed by atoms with E-state index in [9.17, 15) is 14.4 Å². The lowest BCUT2D eigenvalue weighted by Gasteiger charge is -2.17. The molecular weight excluding hydrogens is 633 g/mol. The van der Waals surface area contributed by atoms with Gasteiger partial charge in [0.25, 0.3) is 11.8 Å². The van der Waals surface area contributed by atoms with Gasteiger partial charge in [-0.3, -0.25) is 14.4 Å². The SMILES string of the molecule is CCC(Sc1cccc(NC(=O)/C(=C\c2cc(OC)ccc2OC)NC(=O)c2ccccc2)c1)C(=O)Nc1cc(Cl)ccc1Cl. The molecule has 0 saturated carbocycles. The number of nitrogens with one attached hydrogen (secondary N) is 3. The fourth-order valence-electron chi connectivity index (χ4n) is 4.19. The molecule has 8 nitrogen and oxygen atoms in total. The van der Waals surface area contributed by atoms with Crippen LogP contribution in [0.2, 0.25) is 10.0 Å². The van der Waals surface area contributed by atoms with Gasteiger partial charge in [0.1, 0.15) is 17.2 Å². The molecule has 0 aromatic heterocycles. The minimum absolute atomic E-state index is 0.0160. The number of halogens is 2. The largest absolute Gasteiger partial charge is 0.497 e. The molecule has 0 fully saturated rings. The Morgan fingerprint density at radius 1 is 0.867 bits per heavy atom. The highest BCUT2D eigenvalue weighted by Gasteiger charge is 2.21. The maximum atomic E-state index is 13.6. The van der Waals surface area contributed by atoms with Crippen molar-refractivity contribution in [2.45, 2.75) is 23.5 Å². The van der Waals surface area contributed by atoms with Gasteiger partial charge in [-0.05, 0) is 79.2 Å². The average molecular weight is 665 g/mol. The van der Waals surface area contributed by atoms with E-state index in [1.54, 1.807) is 84.9 Å². The second-order valence-electron chi connectivity index (χ2n) is 9.60. The second-order valence-corrected chi connectivity index (χ2v) is 11.7. The second kappa shape index (κ2) is 16.0. The van der Waals surface area contributed by atoms with Crippen LogP contribution in [-0.2, 0) is 9.59 Å². The number of ether oxygens (including phenoxy) is 2. The summed E-state index contributed by atoms with van der Waals surface area (Å²) in [6.07, 6.45) is 2.06. The van der Waals surface area contributed by atoms with Gasteiger partial charge >= 0.3 is 0 Å². The van der Waals surface area contributed by atoms with Gasteiger partial charge in [0.15, 0.2) is 0 Å². The van der Waals surface area contributed by atoms with E-state index in [-0.39, 0.29) is 11.6 Å². The minimum atomic E-state index is -0.563. The Morgan fingerprint density at radius 2 is 1.64 bits per heavy atom. The molecule has 0 aliphatic heterocycles. The minimum Gasteiger partial charge on any atom is -0.497 e. The molecule has 0 radical (unpaired) electrons. The molecular formula is C34H31Cl2N3O5S. The van der Waals surface area contributed by atoms with Crippen molar-refractivity contribution >= 4 is 70.1 Å². The predicted octanol–water partition coefficient (Wildman–Crippen LogP) is 7.93. The third-order valence-electron chi connectivity index (χ3n) is 6.49. The van der Waals surface area contributed by atoms with Gasteiger partial charge in [-0.1, -0.05) is 54.4 Å². The van der Waals surface area contributed by atoms with Crippen molar-refractivity contribution in [1.29, 1.82) is 0 Å². The number of methoxy groups -OCH3 is 2. The lowest BCUT2D eigenvalue weighted by molar-refractivity contribution is -0.116. The molecule has 0 aliphatic rings. The van der Waals surface area contributed by atoms with Crippen molar-refractivity contribution in [1.82, 2.24) is 5.32 Å². The van der Waals surface area contributed by atoms with Gasteiger partial charge in [-0.2, -0.15) is 0 Å². The zero-order valence-electron chi connectivity index (χ0n) is 24.7. The van der Waals surface area contributed by atoms with Crippen LogP contribution >= 0.6 is 35.0 Å². The van der Waals surface area contributed by atoms with E-state index in [1.807, 2.05) is 13.0 Å². The Morgan fingerprint density at radius 3 is 2.36 bits per heavy atom. The molecule has 0 aliphatic carbocycles. The monoisotopic (exact) mass is 663 g/mol. The number of carbonyl (C=O) groups is 3. The molecule has 0 bridgehead atoms. The Balaban J connectivity index is 1.56. The molecule has 3 N–H and O–H groups in total. The summed E-state index contributed by atoms with van der Waals surface area (Å²) in [5.74, 6) is -0.224. The average Bonchev–Trinajstić information content (AvgIpc) is 3.05. The lowest BCUT2D eigenvalue weighted by atomic mass is 10.1. The Labute approximate surface area is 276 Å². The van der Waals surface area contributed by atoms with E-state index in [0.29, 0.717) is 50.5 Å². The maximum Gasteiger partial charge on any atom is 0.272 e. The van der Waals surface area contributed by atoms with E-state index in [1.165, 1.54) is 32.1 Å². The Bertz CT molecular complexity index is 1720. The van der Waals surface area contributed by atoms with Gasteiger partial charge in [0.2, 0.25) is 5.91 Å². The van der Waals surface area contributed by atoms with E-state index >= 15 is 0 Å². The number of anilines is 2. The fourth-order valence-corrected chi connectivity index (χ4v) is 5.54. The van der Waals surface area contributed by atoms with Crippen LogP contribution in [0.4, 0.5) is 11.4 Å². The number of carbonyl (C=O) groups excluding carboxylic acids is 3. The van der Waals surface area contributed by atoms with Crippen LogP contribution in [0.3, 0.4) is 0 Å². The topological polar surface area (TPSA) is 106 Å². The van der Waals surface area contributed by atoms with Gasteiger partial charge < -0.3 is 25.4 Å². The maximum absolute atomic E-state index is 13.6. The fraction of sp³-hybridized carbons (Fsp3) is 0.147. The summed E-state index contributed by atoms with van der Waals surface area (Å²) in [7, 11) is 3.04. The Kier molecular flexibility index (Phi) is 11.9. The van der Waals surface area contributed by atoms with Crippen molar-refractivity contribution in [2.75, 3.05) is 24.9 Å². The zero-order chi connectivity index (χ0) is 32.3. The molecule has 232 valence electrons. The molecule has 11 heteroatoms. The highest BCUT2D eigenvalue weighted by Crippen LogP contribution is 2.31. The normalized spacial score (nSPS) is 11.7. The van der Waals surface area contributed by atoms with Gasteiger partial charge in [-0.25, -0.2) is 0 Å². The van der Waals surface area contributed by atoms with Crippen molar-refractivity contribution in [3.8, 4) is 11.5 Å². The number of hydrogen-bond donors (Lipinski definition) is 3. The third kappa shape index (κ3) is 9.28. The summed E-state index contributed by atoms with van der Waals surface area (Å²) in [5.41, 5.74) is 1.79. The molecule has 0 heterocycles. The predicted molar refractivity (Wildman–Crippen MR) is 182 cm³/mol. The highest BCUT2D eigenvalue weighted by atomic mass is 35.5. The lowest BCUT2D eigenvalue weighted by Crippen LogP contribution is -2.30. The molecule has 1 atom stereocenters. The molecule has 0 spiro atoms. The number of thioether (sulfide) groups is 1. The van der Waals surface area contributed by atoms with Gasteiger partial charge in [0.05, 0.1) is 30.2 Å². The first kappa shape index (κ1) is 33.5. The summed E-state index contributed by atoms with van der Waals surface area (Å²) < 4.78 is 10.8. The van der Waals surface area contributed by atoms with E-state index in [4.69, 9.17) is 32.7 Å². The van der Waals surface area contributed by atoms with E-state index in [0.717, 1.165) is 4.90 Å². The van der Waals surface area contributed by atoms with Crippen LogP contribution in [0, 0.1) is 0 Å². The number of amides is 3. The summed E-state index contributed by atoms with van der Waals surface area (Å²) in [6, 6.07) is 25.7. The summed E-state index contributed by atoms with van der Waals surface area (Å²) in [5, 5.41) is 8.82. The summed E-state index contributed by atoms with van der Waals surface area (Å²) in [6.45, 7) is 1.90. The standard InChI is InChI=1S/C34H31Cl2N3O5S/c1-4-31(34(42)38-28-19-23(35)13-15-27(28)36)45-26-12-8-11-24(20-26)37-33(41)29(39-32(40)21-9-6-5-7-10-21)18-22-17-25(43-2)14-16-30(22)44-3/h5-20,31H,4H2,1-3H3,(H,37,41)(H,38,42)(H,39,40)/b29-18+. The molecule has 3 amide bonds. The van der Waals surface area contributed by atoms with Crippen molar-refractivity contribution in [2.24, 2.45) is 0 Å². The number of rotatable bonds is 12. The van der Waals surface area contributed by atoms with E-state index in [2.05, 4.69) is 16.0 Å². The summed E-state index contributed by atoms with van der Waals surface area (Å²) in [4.78, 5) is 40.6. The highest BCUT2D eigenvalue weighted by molar-refractivity contribution is 8.00. The van der Waals surface area contributed by atoms with Crippen molar-refractivity contribution in [3.05, 3.63) is 118 Å². The molecule has 4 rings (SSSR count). The van der Waals surface area contributed by atoms with Gasteiger partial charge in [0, 0.05) is 26.7 Å². The molecule has 45 heavy (non-hydrogen) atoms. The van der Waals surface area contributed by atoms with Crippen LogP contribution in [0.25, 0.3) is 6.08 Å². The van der Waals surface area contributed by atoms with Crippen molar-refractivity contribution in [3.63, 3.8) is 0 Å². The molecule has 0 saturated heterocycles. The quantitative estimate of drug-likeness (QED) is 0.105. The number of benzene rings is 4. The first-order chi connectivity index (χ1) is 21.7. The zero-order valence-corrected chi connectivity index (χ0v) is 27.1. The Hall–Kier alpha value is -4.44. The smallest absolute Gasteiger partial charge is 0.272 e. The molecule has 4 aromatic carbocycles. The van der Waals surface area contributed by atoms with Crippen LogP contribution in [0.1, 0.15) is 29.3 Å².